The lowest BCUT2D eigenvalue weighted by molar-refractivity contribution is 0.0674. The second kappa shape index (κ2) is 12.8. The Morgan fingerprint density at radius 2 is 1.67 bits per heavy atom. The zero-order valence-corrected chi connectivity index (χ0v) is 26.6. The van der Waals surface area contributed by atoms with Crippen LogP contribution < -0.4 is 15.6 Å². The summed E-state index contributed by atoms with van der Waals surface area (Å²) in [5.74, 6) is -3.80. The van der Waals surface area contributed by atoms with Gasteiger partial charge in [-0.15, -0.1) is 11.6 Å². The average molecular weight is 698 g/mol. The number of nitrogens with zero attached hydrogens (tertiary/aromatic N) is 4. The maximum absolute atomic E-state index is 13.7. The molecule has 0 radical (unpaired) electrons. The van der Waals surface area contributed by atoms with Gasteiger partial charge in [0.2, 0.25) is 0 Å². The Morgan fingerprint density at radius 3 is 2.30 bits per heavy atom. The van der Waals surface area contributed by atoms with Crippen molar-refractivity contribution in [2.45, 2.75) is 24.8 Å². The Bertz CT molecular complexity index is 1920. The van der Waals surface area contributed by atoms with Gasteiger partial charge in [-0.05, 0) is 60.7 Å². The van der Waals surface area contributed by atoms with Crippen LogP contribution in [0.2, 0.25) is 0 Å². The van der Waals surface area contributed by atoms with Crippen LogP contribution in [-0.4, -0.2) is 101 Å². The average Bonchev–Trinajstić information content (AvgIpc) is 3.65. The third-order valence-electron chi connectivity index (χ3n) is 8.15. The lowest BCUT2D eigenvalue weighted by Crippen LogP contribution is -2.49. The molecule has 2 aromatic heterocycles. The van der Waals surface area contributed by atoms with Crippen LogP contribution in [0.5, 0.6) is 0 Å². The molecule has 2 saturated heterocycles. The molecule has 2 fully saturated rings. The first kappa shape index (κ1) is 33.6. The second-order valence-corrected chi connectivity index (χ2v) is 14.1. The molecule has 46 heavy (non-hydrogen) atoms. The van der Waals surface area contributed by atoms with Gasteiger partial charge in [-0.2, -0.15) is 16.8 Å². The van der Waals surface area contributed by atoms with Crippen molar-refractivity contribution in [1.29, 1.82) is 0 Å². The molecule has 248 valence electrons. The number of aromatic carboxylic acids is 2. The number of carboxylic acids is 2. The van der Waals surface area contributed by atoms with Gasteiger partial charge in [0.1, 0.15) is 5.69 Å². The first-order chi connectivity index (χ1) is 21.6. The lowest BCUT2D eigenvalue weighted by atomic mass is 9.90. The number of piperazine rings is 1. The molecular weight excluding hydrogens is 666 g/mol. The molecule has 2 aliphatic rings. The predicted molar refractivity (Wildman–Crippen MR) is 166 cm³/mol. The normalized spacial score (nSPS) is 19.7. The molecule has 16 nitrogen and oxygen atoms in total. The number of piperidine rings is 1. The molecule has 7 N–H and O–H groups in total. The second-order valence-electron chi connectivity index (χ2n) is 11.1. The van der Waals surface area contributed by atoms with Gasteiger partial charge in [0.25, 0.3) is 5.91 Å². The summed E-state index contributed by atoms with van der Waals surface area (Å²) in [6.45, 7) is 1.54. The summed E-state index contributed by atoms with van der Waals surface area (Å²) < 4.78 is 50.6. The van der Waals surface area contributed by atoms with E-state index in [9.17, 15) is 41.4 Å². The van der Waals surface area contributed by atoms with Gasteiger partial charge in [-0.3, -0.25) is 9.69 Å². The monoisotopic (exact) mass is 697 g/mol. The van der Waals surface area contributed by atoms with E-state index in [1.165, 1.54) is 41.3 Å². The summed E-state index contributed by atoms with van der Waals surface area (Å²) in [5, 5.41) is 33.7. The van der Waals surface area contributed by atoms with Crippen molar-refractivity contribution >= 4 is 49.9 Å². The molecule has 0 bridgehead atoms. The van der Waals surface area contributed by atoms with Crippen LogP contribution in [-0.2, 0) is 20.4 Å². The summed E-state index contributed by atoms with van der Waals surface area (Å²) in [6, 6.07) is 8.13. The highest BCUT2D eigenvalue weighted by Gasteiger charge is 2.36. The molecule has 3 aromatic rings. The highest BCUT2D eigenvalue weighted by atomic mass is 35.5. The van der Waals surface area contributed by atoms with E-state index >= 15 is 0 Å². The Labute approximate surface area is 269 Å². The third-order valence-corrected chi connectivity index (χ3v) is 10.2. The maximum Gasteiger partial charge on any atom is 0.354 e. The number of alkyl halides is 1. The minimum atomic E-state index is -4.59. The standard InChI is InChI=1S/C27H32ClN7O9S2/c28-15-32-8-2-5-18(13-32)20-12-22(35(46(30,43)44)24(20)27(39)40)21-14-33(10-7-31-21)25(36)17-4-1-3-16(11-17)19-6-9-34(45(29,41)42)23(19)26(37)38/h1,3-4,6,9,11-12,18,21,31H,2,5,7-8,10,13-15H2,(H,37,38)(H,39,40)(H2,29,41,42)(H2,30,43,44). The van der Waals surface area contributed by atoms with Gasteiger partial charge >= 0.3 is 32.4 Å². The van der Waals surface area contributed by atoms with Crippen LogP contribution in [0, 0.1) is 0 Å². The fourth-order valence-electron chi connectivity index (χ4n) is 6.19. The molecule has 0 aliphatic carbocycles. The molecule has 1 amide bonds. The summed E-state index contributed by atoms with van der Waals surface area (Å²) in [7, 11) is -9.01. The Kier molecular flexibility index (Phi) is 9.33. The zero-order valence-electron chi connectivity index (χ0n) is 24.2. The van der Waals surface area contributed by atoms with Gasteiger partial charge in [0, 0.05) is 43.5 Å². The number of likely N-dealkylation sites (tertiary alicyclic amines) is 1. The number of aromatic nitrogens is 2. The van der Waals surface area contributed by atoms with Crippen LogP contribution in [0.15, 0.2) is 42.6 Å². The van der Waals surface area contributed by atoms with Crippen LogP contribution in [0.3, 0.4) is 0 Å². The third kappa shape index (κ3) is 6.55. The largest absolute Gasteiger partial charge is 0.477 e. The van der Waals surface area contributed by atoms with E-state index < -0.39 is 55.7 Å². The Balaban J connectivity index is 1.49. The number of halogens is 1. The van der Waals surface area contributed by atoms with Crippen LogP contribution in [0.4, 0.5) is 0 Å². The first-order valence-corrected chi connectivity index (χ1v) is 17.6. The highest BCUT2D eigenvalue weighted by Crippen LogP contribution is 2.35. The van der Waals surface area contributed by atoms with Gasteiger partial charge < -0.3 is 20.4 Å². The topological polar surface area (TPSA) is 240 Å². The Hall–Kier alpha value is -3.78. The molecule has 19 heteroatoms. The number of hydrogen-bond acceptors (Lipinski definition) is 9. The number of carbonyl (C=O) groups is 3. The molecule has 0 spiro atoms. The van der Waals surface area contributed by atoms with Crippen molar-refractivity contribution in [3.8, 4) is 11.1 Å². The lowest BCUT2D eigenvalue weighted by Gasteiger charge is -2.34. The SMILES string of the molecule is NS(=O)(=O)n1ccc(-c2cccc(C(=O)N3CCNC(c4cc(C5CCCN(CCl)C5)c(C(=O)O)n4S(N)(=O)=O)C3)c2)c1C(=O)O. The molecule has 2 unspecified atom stereocenters. The molecular formula is C27H32ClN7O9S2. The zero-order chi connectivity index (χ0) is 33.6. The fourth-order valence-corrected chi connectivity index (χ4v) is 7.98. The summed E-state index contributed by atoms with van der Waals surface area (Å²) in [5.41, 5.74) is -0.272. The van der Waals surface area contributed by atoms with E-state index in [2.05, 4.69) is 5.32 Å². The molecule has 2 aliphatic heterocycles. The van der Waals surface area contributed by atoms with Crippen molar-refractivity contribution in [3.05, 3.63) is 70.8 Å². The minimum Gasteiger partial charge on any atom is -0.477 e. The molecule has 0 saturated carbocycles. The Morgan fingerprint density at radius 1 is 0.957 bits per heavy atom. The summed E-state index contributed by atoms with van der Waals surface area (Å²) >= 11 is 6.03. The predicted octanol–water partition coefficient (Wildman–Crippen LogP) is 0.619. The van der Waals surface area contributed by atoms with Crippen molar-refractivity contribution in [2.75, 3.05) is 38.7 Å². The van der Waals surface area contributed by atoms with E-state index in [0.717, 1.165) is 19.2 Å². The van der Waals surface area contributed by atoms with E-state index in [0.29, 0.717) is 26.5 Å². The number of nitrogens with two attached hydrogens (primary N) is 2. The van der Waals surface area contributed by atoms with E-state index in [1.54, 1.807) is 0 Å². The highest BCUT2D eigenvalue weighted by molar-refractivity contribution is 7.88. The van der Waals surface area contributed by atoms with E-state index in [-0.39, 0.29) is 53.9 Å². The number of amides is 1. The number of rotatable bonds is 9. The van der Waals surface area contributed by atoms with Gasteiger partial charge in [-0.25, -0.2) is 27.8 Å². The smallest absolute Gasteiger partial charge is 0.354 e. The fraction of sp³-hybridized carbons (Fsp3) is 0.370. The van der Waals surface area contributed by atoms with Crippen LogP contribution in [0.1, 0.15) is 67.4 Å². The van der Waals surface area contributed by atoms with Crippen LogP contribution >= 0.6 is 11.6 Å². The molecule has 1 aromatic carbocycles. The number of carbonyl (C=O) groups excluding carboxylic acids is 1. The van der Waals surface area contributed by atoms with Crippen molar-refractivity contribution in [1.82, 2.24) is 23.1 Å². The quantitative estimate of drug-likeness (QED) is 0.153. The molecule has 4 heterocycles. The summed E-state index contributed by atoms with van der Waals surface area (Å²) in [6.07, 6.45) is 2.35. The van der Waals surface area contributed by atoms with Crippen molar-refractivity contribution in [2.24, 2.45) is 10.3 Å². The van der Waals surface area contributed by atoms with Gasteiger partial charge in [0.15, 0.2) is 5.69 Å². The molecule has 2 atom stereocenters. The van der Waals surface area contributed by atoms with Gasteiger partial charge in [0.05, 0.1) is 17.7 Å². The van der Waals surface area contributed by atoms with Crippen molar-refractivity contribution < 1.29 is 41.4 Å². The van der Waals surface area contributed by atoms with E-state index in [4.69, 9.17) is 21.9 Å². The summed E-state index contributed by atoms with van der Waals surface area (Å²) in [4.78, 5) is 41.5. The minimum absolute atomic E-state index is 0.0181. The van der Waals surface area contributed by atoms with Crippen LogP contribution in [0.25, 0.3) is 11.1 Å². The molecule has 5 rings (SSSR count). The van der Waals surface area contributed by atoms with Crippen molar-refractivity contribution in [3.63, 3.8) is 0 Å². The number of carboxylic acid groups (broad SMARTS) is 2. The number of benzene rings is 1. The number of nitrogens with one attached hydrogen (secondary N) is 1. The van der Waals surface area contributed by atoms with E-state index in [1.807, 2.05) is 4.90 Å². The number of hydrogen-bond donors (Lipinski definition) is 5. The first-order valence-electron chi connectivity index (χ1n) is 14.0. The van der Waals surface area contributed by atoms with Gasteiger partial charge in [-0.1, -0.05) is 12.1 Å². The maximum atomic E-state index is 13.7.